The lowest BCUT2D eigenvalue weighted by atomic mass is 10.0. The number of carbonyl (C=O) groups excluding carboxylic acids is 1. The summed E-state index contributed by atoms with van der Waals surface area (Å²) in [6.07, 6.45) is 6.48. The van der Waals surface area contributed by atoms with Crippen molar-refractivity contribution in [1.82, 2.24) is 14.5 Å². The molecule has 0 aliphatic heterocycles. The number of hydrogen-bond acceptors (Lipinski definition) is 5. The van der Waals surface area contributed by atoms with Crippen LogP contribution in [-0.4, -0.2) is 46.4 Å². The van der Waals surface area contributed by atoms with Crippen molar-refractivity contribution in [2.75, 3.05) is 26.0 Å². The molecular formula is C22H29N3O3S. The fraction of sp³-hybridized carbons (Fsp3) is 0.500. The zero-order valence-electron chi connectivity index (χ0n) is 17.4. The monoisotopic (exact) mass is 415 g/mol. The number of benzene rings is 1. The highest BCUT2D eigenvalue weighted by Gasteiger charge is 2.21. The summed E-state index contributed by atoms with van der Waals surface area (Å²) in [5, 5.41) is 1.13. The van der Waals surface area contributed by atoms with Crippen LogP contribution in [0.2, 0.25) is 0 Å². The van der Waals surface area contributed by atoms with Crippen molar-refractivity contribution >= 4 is 28.6 Å². The molecule has 1 aromatic carbocycles. The van der Waals surface area contributed by atoms with Crippen molar-refractivity contribution in [1.29, 1.82) is 0 Å². The molecule has 2 aromatic rings. The Kier molecular flexibility index (Phi) is 7.50. The van der Waals surface area contributed by atoms with Crippen LogP contribution in [0.3, 0.4) is 0 Å². The number of rotatable bonds is 8. The second kappa shape index (κ2) is 10.1. The number of fused-ring (bicyclic) bond motifs is 1. The minimum atomic E-state index is -0.175. The number of methoxy groups -OCH3 is 1. The highest BCUT2D eigenvalue weighted by molar-refractivity contribution is 7.99. The number of hydrogen-bond donors (Lipinski definition) is 0. The first-order chi connectivity index (χ1) is 14.1. The van der Waals surface area contributed by atoms with Crippen molar-refractivity contribution in [3.05, 3.63) is 46.4 Å². The molecule has 0 saturated carbocycles. The van der Waals surface area contributed by atoms with Gasteiger partial charge in [0.2, 0.25) is 5.91 Å². The van der Waals surface area contributed by atoms with Crippen LogP contribution in [0.4, 0.5) is 0 Å². The Bertz CT molecular complexity index is 954. The van der Waals surface area contributed by atoms with Crippen LogP contribution in [0.1, 0.15) is 45.6 Å². The third-order valence-electron chi connectivity index (χ3n) is 5.18. The lowest BCUT2D eigenvalue weighted by Crippen LogP contribution is -2.33. The van der Waals surface area contributed by atoms with E-state index in [0.29, 0.717) is 29.2 Å². The van der Waals surface area contributed by atoms with Gasteiger partial charge >= 0.3 is 0 Å². The Morgan fingerprint density at radius 1 is 1.34 bits per heavy atom. The molecule has 1 heterocycles. The summed E-state index contributed by atoms with van der Waals surface area (Å²) < 4.78 is 6.91. The quantitative estimate of drug-likeness (QED) is 0.482. The van der Waals surface area contributed by atoms with Gasteiger partial charge in [0.05, 0.1) is 29.3 Å². The Hall–Kier alpha value is -2.12. The smallest absolute Gasteiger partial charge is 0.262 e. The Balaban J connectivity index is 1.88. The van der Waals surface area contributed by atoms with E-state index in [1.54, 1.807) is 17.7 Å². The molecule has 1 atom stereocenters. The number of nitrogens with zero attached hydrogens (tertiary/aromatic N) is 3. The highest BCUT2D eigenvalue weighted by Crippen LogP contribution is 2.25. The number of para-hydroxylation sites is 1. The van der Waals surface area contributed by atoms with Gasteiger partial charge in [0.1, 0.15) is 0 Å². The second-order valence-electron chi connectivity index (χ2n) is 7.26. The largest absolute Gasteiger partial charge is 0.383 e. The van der Waals surface area contributed by atoms with Crippen molar-refractivity contribution in [2.24, 2.45) is 0 Å². The number of aromatic nitrogens is 2. The predicted octanol–water partition coefficient (Wildman–Crippen LogP) is 4.00. The molecule has 0 N–H and O–H groups in total. The van der Waals surface area contributed by atoms with Crippen molar-refractivity contribution in [2.45, 2.75) is 50.7 Å². The van der Waals surface area contributed by atoms with E-state index in [9.17, 15) is 9.59 Å². The molecule has 0 bridgehead atoms. The van der Waals surface area contributed by atoms with Crippen LogP contribution >= 0.6 is 11.8 Å². The zero-order chi connectivity index (χ0) is 20.8. The molecule has 7 heteroatoms. The van der Waals surface area contributed by atoms with E-state index in [1.165, 1.54) is 18.2 Å². The number of allylic oxidation sites excluding steroid dienone is 2. The fourth-order valence-electron chi connectivity index (χ4n) is 3.74. The van der Waals surface area contributed by atoms with Crippen molar-refractivity contribution < 1.29 is 9.53 Å². The van der Waals surface area contributed by atoms with Crippen molar-refractivity contribution in [3.63, 3.8) is 0 Å². The molecule has 156 valence electrons. The minimum absolute atomic E-state index is 0.0546. The number of thioether (sulfide) groups is 1. The third-order valence-corrected chi connectivity index (χ3v) is 6.12. The molecule has 1 aromatic heterocycles. The van der Waals surface area contributed by atoms with Crippen LogP contribution < -0.4 is 5.56 Å². The molecule has 1 unspecified atom stereocenters. The van der Waals surface area contributed by atoms with Gasteiger partial charge in [-0.25, -0.2) is 4.98 Å². The number of carbonyl (C=O) groups is 1. The van der Waals surface area contributed by atoms with E-state index in [-0.39, 0.29) is 23.3 Å². The van der Waals surface area contributed by atoms with Gasteiger partial charge < -0.3 is 9.64 Å². The predicted molar refractivity (Wildman–Crippen MR) is 117 cm³/mol. The van der Waals surface area contributed by atoms with Crippen molar-refractivity contribution in [3.8, 4) is 0 Å². The van der Waals surface area contributed by atoms with Gasteiger partial charge in [-0.15, -0.1) is 0 Å². The normalized spacial score (nSPS) is 15.2. The first-order valence-corrected chi connectivity index (χ1v) is 11.2. The molecule has 6 nitrogen and oxygen atoms in total. The minimum Gasteiger partial charge on any atom is -0.383 e. The molecule has 1 aliphatic rings. The first kappa shape index (κ1) is 21.6. The van der Waals surface area contributed by atoms with E-state index in [4.69, 9.17) is 9.72 Å². The molecule has 1 aliphatic carbocycles. The zero-order valence-corrected chi connectivity index (χ0v) is 18.2. The third kappa shape index (κ3) is 4.90. The average Bonchev–Trinajstić information content (AvgIpc) is 2.74. The fourth-order valence-corrected chi connectivity index (χ4v) is 4.72. The van der Waals surface area contributed by atoms with Crippen LogP contribution in [0, 0.1) is 0 Å². The summed E-state index contributed by atoms with van der Waals surface area (Å²) in [6, 6.07) is 7.15. The maximum absolute atomic E-state index is 13.1. The van der Waals surface area contributed by atoms with E-state index < -0.39 is 0 Å². The molecule has 0 spiro atoms. The Morgan fingerprint density at radius 3 is 2.83 bits per heavy atom. The summed E-state index contributed by atoms with van der Waals surface area (Å²) in [5.41, 5.74) is 1.68. The number of amides is 1. The van der Waals surface area contributed by atoms with Gasteiger partial charge in [-0.05, 0) is 51.7 Å². The number of ether oxygens (including phenoxy) is 1. The van der Waals surface area contributed by atoms with Gasteiger partial charge in [-0.2, -0.15) is 0 Å². The molecule has 0 fully saturated rings. The molecule has 1 amide bonds. The molecule has 3 rings (SSSR count). The molecule has 0 saturated heterocycles. The van der Waals surface area contributed by atoms with Crippen LogP contribution in [-0.2, 0) is 9.53 Å². The van der Waals surface area contributed by atoms with Gasteiger partial charge in [0.15, 0.2) is 5.16 Å². The summed E-state index contributed by atoms with van der Waals surface area (Å²) in [7, 11) is 1.61. The van der Waals surface area contributed by atoms with E-state index in [0.717, 1.165) is 25.0 Å². The van der Waals surface area contributed by atoms with E-state index in [2.05, 4.69) is 6.08 Å². The lowest BCUT2D eigenvalue weighted by molar-refractivity contribution is -0.126. The Morgan fingerprint density at radius 2 is 2.14 bits per heavy atom. The standard InChI is InChI=1S/C22H29N3O3S/c1-4-24(17-10-6-5-7-11-17)20(26)15-29-22-23-19-13-9-8-12-18(19)21(27)25(22)16(2)14-28-3/h8-10,12-13,16H,4-7,11,14-15H2,1-3H3. The maximum Gasteiger partial charge on any atom is 0.262 e. The van der Waals surface area contributed by atoms with Crippen LogP contribution in [0.25, 0.3) is 10.9 Å². The molecular weight excluding hydrogens is 386 g/mol. The average molecular weight is 416 g/mol. The first-order valence-electron chi connectivity index (χ1n) is 10.2. The Labute approximate surface area is 175 Å². The summed E-state index contributed by atoms with van der Waals surface area (Å²) in [5.74, 6) is 0.300. The van der Waals surface area contributed by atoms with Gasteiger partial charge in [-0.3, -0.25) is 14.2 Å². The molecule has 29 heavy (non-hydrogen) atoms. The van der Waals surface area contributed by atoms with Gasteiger partial charge in [-0.1, -0.05) is 30.0 Å². The maximum atomic E-state index is 13.1. The lowest BCUT2D eigenvalue weighted by Gasteiger charge is -2.26. The highest BCUT2D eigenvalue weighted by atomic mass is 32.2. The summed E-state index contributed by atoms with van der Waals surface area (Å²) >= 11 is 1.32. The topological polar surface area (TPSA) is 64.4 Å². The van der Waals surface area contributed by atoms with Crippen LogP contribution in [0.5, 0.6) is 0 Å². The van der Waals surface area contributed by atoms with E-state index >= 15 is 0 Å². The SMILES string of the molecule is CCN(C(=O)CSc1nc2ccccc2c(=O)n1C(C)COC)C1=CCCCC1. The molecule has 0 radical (unpaired) electrons. The second-order valence-corrected chi connectivity index (χ2v) is 8.20. The van der Waals surface area contributed by atoms with Crippen LogP contribution in [0.15, 0.2) is 46.0 Å². The van der Waals surface area contributed by atoms with Gasteiger partial charge in [0.25, 0.3) is 5.56 Å². The van der Waals surface area contributed by atoms with E-state index in [1.807, 2.05) is 36.9 Å². The summed E-state index contributed by atoms with van der Waals surface area (Å²) in [6.45, 7) is 4.99. The van der Waals surface area contributed by atoms with Gasteiger partial charge in [0, 0.05) is 19.4 Å². The summed E-state index contributed by atoms with van der Waals surface area (Å²) in [4.78, 5) is 32.6.